The van der Waals surface area contributed by atoms with Gasteiger partial charge in [-0.1, -0.05) is 0 Å². The molecule has 2 aliphatic rings. The van der Waals surface area contributed by atoms with Crippen LogP contribution in [0.1, 0.15) is 20.3 Å². The van der Waals surface area contributed by atoms with Crippen molar-refractivity contribution < 1.29 is 28.1 Å². The van der Waals surface area contributed by atoms with Crippen LogP contribution in [0.2, 0.25) is 0 Å². The fourth-order valence-corrected chi connectivity index (χ4v) is 0.992. The van der Waals surface area contributed by atoms with Gasteiger partial charge in [-0.3, -0.25) is 9.59 Å². The molecular weight excluding hydrogens is 263 g/mol. The van der Waals surface area contributed by atoms with E-state index in [2.05, 4.69) is 0 Å². The Bertz CT molecular complexity index is 169. The third-order valence-electron chi connectivity index (χ3n) is 1.61. The summed E-state index contributed by atoms with van der Waals surface area (Å²) < 4.78 is 0. The Balaban J connectivity index is 0. The molecule has 0 aromatic heterocycles. The molecule has 0 aliphatic heterocycles. The Morgan fingerprint density at radius 3 is 0.833 bits per heavy atom. The quantitative estimate of drug-likeness (QED) is 0.729. The Labute approximate surface area is 124 Å². The molecule has 0 bridgehead atoms. The number of rotatable bonds is 2. The van der Waals surface area contributed by atoms with Crippen LogP contribution in [0.3, 0.4) is 0 Å². The SMILES string of the molecule is CC(=O)CC(C)=O.[CH]1[CH][CH][CH][CH]1.[CH]1[CH][CH][CH][CH]1.[V+4]. The van der Waals surface area contributed by atoms with Gasteiger partial charge in [0.1, 0.15) is 11.6 Å². The maximum Gasteiger partial charge on any atom is 4.00 e. The van der Waals surface area contributed by atoms with Gasteiger partial charge in [0.25, 0.3) is 0 Å². The maximum atomic E-state index is 10.0. The molecule has 2 fully saturated rings. The van der Waals surface area contributed by atoms with Gasteiger partial charge in [0.15, 0.2) is 0 Å². The van der Waals surface area contributed by atoms with E-state index in [1.807, 2.05) is 64.2 Å². The molecule has 2 nitrogen and oxygen atoms in total. The summed E-state index contributed by atoms with van der Waals surface area (Å²) in [5.74, 6) is -0.125. The molecule has 2 rings (SSSR count). The summed E-state index contributed by atoms with van der Waals surface area (Å²) in [7, 11) is 0. The summed E-state index contributed by atoms with van der Waals surface area (Å²) in [5, 5.41) is 0. The average molecular weight is 281 g/mol. The summed E-state index contributed by atoms with van der Waals surface area (Å²) >= 11 is 0. The number of hydrogen-bond donors (Lipinski definition) is 0. The van der Waals surface area contributed by atoms with Crippen molar-refractivity contribution in [2.45, 2.75) is 20.3 Å². The minimum Gasteiger partial charge on any atom is -0.300 e. The van der Waals surface area contributed by atoms with E-state index in [1.165, 1.54) is 13.8 Å². The maximum absolute atomic E-state index is 10.0. The van der Waals surface area contributed by atoms with E-state index in [-0.39, 0.29) is 36.5 Å². The molecule has 0 aromatic carbocycles. The van der Waals surface area contributed by atoms with E-state index in [0.717, 1.165) is 0 Å². The van der Waals surface area contributed by atoms with Crippen LogP contribution in [-0.2, 0) is 28.1 Å². The van der Waals surface area contributed by atoms with E-state index in [0.29, 0.717) is 0 Å². The average Bonchev–Trinajstić information content (AvgIpc) is 2.96. The van der Waals surface area contributed by atoms with Gasteiger partial charge < -0.3 is 0 Å². The predicted octanol–water partition coefficient (Wildman–Crippen LogP) is 2.59. The van der Waals surface area contributed by atoms with Crippen molar-refractivity contribution in [1.29, 1.82) is 0 Å². The van der Waals surface area contributed by atoms with Crippen molar-refractivity contribution in [1.82, 2.24) is 0 Å². The molecule has 0 amide bonds. The minimum atomic E-state index is -0.0625. The van der Waals surface area contributed by atoms with Crippen molar-refractivity contribution in [2.75, 3.05) is 0 Å². The molecule has 11 radical (unpaired) electrons. The first-order valence-corrected chi connectivity index (χ1v) is 5.45. The van der Waals surface area contributed by atoms with E-state index in [4.69, 9.17) is 0 Å². The standard InChI is InChI=1S/C5H8O2.2C5H5.V/c1-4(6)3-5(2)7;2*1-2-4-5-3-1;/h3H2,1-2H3;2*1-5H;/q;;;+4. The minimum absolute atomic E-state index is 0. The Kier molecular flexibility index (Phi) is 16.9. The Hall–Kier alpha value is -0.0756. The Morgan fingerprint density at radius 2 is 0.778 bits per heavy atom. The van der Waals surface area contributed by atoms with Gasteiger partial charge in [-0.05, 0) is 78.1 Å². The van der Waals surface area contributed by atoms with E-state index in [9.17, 15) is 9.59 Å². The number of Topliss-reactive ketones (excluding diaryl/α,β-unsaturated/α-hetero) is 2. The molecule has 0 heterocycles. The zero-order chi connectivity index (χ0) is 12.9. The molecule has 0 N–H and O–H groups in total. The van der Waals surface area contributed by atoms with Crippen LogP contribution >= 0.6 is 0 Å². The van der Waals surface area contributed by atoms with Crippen LogP contribution < -0.4 is 0 Å². The number of ketones is 2. The molecule has 0 saturated heterocycles. The van der Waals surface area contributed by atoms with Crippen molar-refractivity contribution in [2.24, 2.45) is 0 Å². The molecule has 0 spiro atoms. The van der Waals surface area contributed by atoms with Crippen molar-refractivity contribution in [3.63, 3.8) is 0 Å². The van der Waals surface area contributed by atoms with Crippen molar-refractivity contribution in [3.8, 4) is 0 Å². The largest absolute Gasteiger partial charge is 4.00 e. The van der Waals surface area contributed by atoms with Crippen LogP contribution in [0.25, 0.3) is 0 Å². The van der Waals surface area contributed by atoms with Gasteiger partial charge in [0.2, 0.25) is 0 Å². The fourth-order valence-electron chi connectivity index (χ4n) is 0.992. The van der Waals surface area contributed by atoms with Crippen molar-refractivity contribution in [3.05, 3.63) is 64.2 Å². The van der Waals surface area contributed by atoms with E-state index >= 15 is 0 Å². The zero-order valence-electron chi connectivity index (χ0n) is 10.7. The molecule has 18 heavy (non-hydrogen) atoms. The second-order valence-electron chi connectivity index (χ2n) is 3.51. The van der Waals surface area contributed by atoms with Crippen molar-refractivity contribution >= 4 is 11.6 Å². The topological polar surface area (TPSA) is 34.1 Å². The third-order valence-corrected chi connectivity index (χ3v) is 1.61. The fraction of sp³-hybridized carbons (Fsp3) is 0.200. The van der Waals surface area contributed by atoms with Crippen LogP contribution in [0.5, 0.6) is 0 Å². The normalized spacial score (nSPS) is 16.6. The number of hydrogen-bond acceptors (Lipinski definition) is 2. The second kappa shape index (κ2) is 15.0. The van der Waals surface area contributed by atoms with Crippen LogP contribution in [0, 0.1) is 64.2 Å². The van der Waals surface area contributed by atoms with Gasteiger partial charge in [-0.15, -0.1) is 0 Å². The first-order chi connectivity index (χ1) is 8.13. The third kappa shape index (κ3) is 18.3. The smallest absolute Gasteiger partial charge is 0.300 e. The van der Waals surface area contributed by atoms with Gasteiger partial charge in [0, 0.05) is 0 Å². The summed E-state index contributed by atoms with van der Waals surface area (Å²) in [6, 6.07) is 0. The molecule has 0 unspecified atom stereocenters. The van der Waals surface area contributed by atoms with Gasteiger partial charge >= 0.3 is 18.6 Å². The molecule has 2 aliphatic carbocycles. The molecule has 91 valence electrons. The summed E-state index contributed by atoms with van der Waals surface area (Å²) in [6.45, 7) is 2.81. The van der Waals surface area contributed by atoms with Crippen LogP contribution in [0.4, 0.5) is 0 Å². The monoisotopic (exact) mass is 281 g/mol. The summed E-state index contributed by atoms with van der Waals surface area (Å²) in [6.07, 6.45) is 20.1. The molecule has 3 heteroatoms. The van der Waals surface area contributed by atoms with Gasteiger partial charge in [0.05, 0.1) is 6.42 Å². The first-order valence-electron chi connectivity index (χ1n) is 5.45. The second-order valence-corrected chi connectivity index (χ2v) is 3.51. The van der Waals surface area contributed by atoms with E-state index in [1.54, 1.807) is 0 Å². The summed E-state index contributed by atoms with van der Waals surface area (Å²) in [5.41, 5.74) is 0. The van der Waals surface area contributed by atoms with E-state index < -0.39 is 0 Å². The zero-order valence-corrected chi connectivity index (χ0v) is 12.1. The van der Waals surface area contributed by atoms with Gasteiger partial charge in [-0.25, -0.2) is 0 Å². The number of carbonyl (C=O) groups is 2. The number of carbonyl (C=O) groups excluding carboxylic acids is 2. The molecule has 0 aromatic rings. The molecular formula is C15H18O2V+4. The molecule has 2 saturated carbocycles. The van der Waals surface area contributed by atoms with Crippen LogP contribution in [0.15, 0.2) is 0 Å². The Morgan fingerprint density at radius 1 is 0.611 bits per heavy atom. The molecule has 0 atom stereocenters. The summed E-state index contributed by atoms with van der Waals surface area (Å²) in [4.78, 5) is 20.1. The van der Waals surface area contributed by atoms with Crippen LogP contribution in [-0.4, -0.2) is 11.6 Å². The predicted molar refractivity (Wildman–Crippen MR) is 69.0 cm³/mol. The van der Waals surface area contributed by atoms with Gasteiger partial charge in [-0.2, -0.15) is 0 Å². The first kappa shape index (κ1) is 20.2.